The summed E-state index contributed by atoms with van der Waals surface area (Å²) < 4.78 is 13.1. The maximum atomic E-state index is 12.2. The molecule has 5 N–H and O–H groups in total. The number of rotatable bonds is 6. The number of aromatic nitrogens is 2. The number of benzene rings is 2. The Kier molecular flexibility index (Phi) is 9.98. The number of nitrogens with two attached hydrogens (primary N) is 1. The van der Waals surface area contributed by atoms with Crippen molar-refractivity contribution < 1.29 is 34.1 Å². The van der Waals surface area contributed by atoms with Crippen LogP contribution in [-0.2, 0) is 14.3 Å². The van der Waals surface area contributed by atoms with E-state index < -0.39 is 18.0 Å². The van der Waals surface area contributed by atoms with Crippen LogP contribution < -0.4 is 15.4 Å². The Bertz CT molecular complexity index is 1140. The highest BCUT2D eigenvalue weighted by Gasteiger charge is 2.32. The van der Waals surface area contributed by atoms with Crippen LogP contribution in [0, 0.1) is 5.41 Å². The lowest BCUT2D eigenvalue weighted by Gasteiger charge is -2.14. The van der Waals surface area contributed by atoms with E-state index in [9.17, 15) is 4.79 Å². The lowest BCUT2D eigenvalue weighted by atomic mass is 10.2. The van der Waals surface area contributed by atoms with Gasteiger partial charge in [-0.2, -0.15) is 0 Å². The van der Waals surface area contributed by atoms with E-state index in [0.29, 0.717) is 23.5 Å². The number of hydrogen-bond donors (Lipinski definition) is 4. The number of carbonyl (C=O) groups is 3. The smallest absolute Gasteiger partial charge is 0.414 e. The molecule has 2 aromatic carbocycles. The number of carbonyl (C=O) groups excluding carboxylic acids is 1. The minimum Gasteiger partial charge on any atom is -0.490 e. The van der Waals surface area contributed by atoms with Crippen molar-refractivity contribution in [1.82, 2.24) is 9.55 Å². The lowest BCUT2D eigenvalue weighted by Crippen LogP contribution is -2.26. The second kappa shape index (κ2) is 13.1. The Labute approximate surface area is 207 Å². The van der Waals surface area contributed by atoms with Crippen molar-refractivity contribution >= 4 is 29.6 Å². The predicted octanol–water partition coefficient (Wildman–Crippen LogP) is 2.74. The van der Waals surface area contributed by atoms with E-state index in [1.807, 2.05) is 35.0 Å². The molecule has 12 nitrogen and oxygen atoms in total. The van der Waals surface area contributed by atoms with Gasteiger partial charge in [0.2, 0.25) is 0 Å². The van der Waals surface area contributed by atoms with E-state index >= 15 is 0 Å². The first kappa shape index (κ1) is 27.4. The van der Waals surface area contributed by atoms with Crippen molar-refractivity contribution in [3.8, 4) is 11.4 Å². The summed E-state index contributed by atoms with van der Waals surface area (Å²) in [5, 5.41) is 22.3. The molecule has 1 aliphatic rings. The number of amides is 1. The van der Waals surface area contributed by atoms with Crippen LogP contribution in [0.15, 0.2) is 67.3 Å². The molecule has 2 heterocycles. The topological polar surface area (TPSA) is 181 Å². The largest absolute Gasteiger partial charge is 0.490 e. The molecule has 0 radical (unpaired) electrons. The van der Waals surface area contributed by atoms with E-state index in [-0.39, 0.29) is 18.5 Å². The zero-order valence-electron chi connectivity index (χ0n) is 19.7. The fourth-order valence-corrected chi connectivity index (χ4v) is 2.96. The highest BCUT2D eigenvalue weighted by molar-refractivity contribution is 5.96. The maximum absolute atomic E-state index is 12.2. The van der Waals surface area contributed by atoms with E-state index in [1.165, 1.54) is 0 Å². The summed E-state index contributed by atoms with van der Waals surface area (Å²) in [6.07, 6.45) is 4.53. The monoisotopic (exact) mass is 497 g/mol. The van der Waals surface area contributed by atoms with E-state index in [1.54, 1.807) is 41.7 Å². The fourth-order valence-electron chi connectivity index (χ4n) is 2.96. The van der Waals surface area contributed by atoms with Gasteiger partial charge < -0.3 is 30.0 Å². The first-order chi connectivity index (χ1) is 17.1. The van der Waals surface area contributed by atoms with Gasteiger partial charge in [-0.05, 0) is 48.5 Å². The number of ether oxygens (including phenoxy) is 2. The van der Waals surface area contributed by atoms with Gasteiger partial charge in [0, 0.05) is 43.2 Å². The van der Waals surface area contributed by atoms with Crippen LogP contribution >= 0.6 is 0 Å². The number of amidine groups is 1. The normalized spacial score (nSPS) is 13.9. The average Bonchev–Trinajstić information content (AvgIpc) is 3.47. The fraction of sp³-hybridized carbons (Fsp3) is 0.208. The standard InChI is InChI=1S/C20H19N5O3.2C2H4O2/c21-19(22)14-1-3-16(4-2-14)25-11-18(28-20(25)26)12-27-17-7-5-15(6-8-17)24-10-9-23-13-24;2*1-2(3)4/h1-10,13,18H,11-12H2,(H3,21,22);2*1H3,(H,3,4). The minimum absolute atomic E-state index is 0.0131. The first-order valence-electron chi connectivity index (χ1n) is 10.6. The Morgan fingerprint density at radius 1 is 1.08 bits per heavy atom. The van der Waals surface area contributed by atoms with Crippen molar-refractivity contribution in [2.24, 2.45) is 5.73 Å². The molecule has 190 valence electrons. The van der Waals surface area contributed by atoms with Crippen LogP contribution in [0.2, 0.25) is 0 Å². The van der Waals surface area contributed by atoms with E-state index in [4.69, 9.17) is 40.4 Å². The number of cyclic esters (lactones) is 1. The summed E-state index contributed by atoms with van der Waals surface area (Å²) in [5.41, 5.74) is 7.74. The molecule has 1 atom stereocenters. The molecule has 0 spiro atoms. The quantitative estimate of drug-likeness (QED) is 0.294. The van der Waals surface area contributed by atoms with Crippen molar-refractivity contribution in [2.45, 2.75) is 20.0 Å². The lowest BCUT2D eigenvalue weighted by molar-refractivity contribution is -0.135. The highest BCUT2D eigenvalue weighted by Crippen LogP contribution is 2.23. The molecule has 0 bridgehead atoms. The summed E-state index contributed by atoms with van der Waals surface area (Å²) in [6.45, 7) is 2.82. The van der Waals surface area contributed by atoms with Gasteiger partial charge in [-0.15, -0.1) is 0 Å². The molecular weight excluding hydrogens is 470 g/mol. The van der Waals surface area contributed by atoms with E-state index in [0.717, 1.165) is 19.5 Å². The van der Waals surface area contributed by atoms with Gasteiger partial charge in [0.1, 0.15) is 18.2 Å². The third-order valence-corrected chi connectivity index (χ3v) is 4.44. The average molecular weight is 498 g/mol. The van der Waals surface area contributed by atoms with Crippen LogP contribution in [0.1, 0.15) is 19.4 Å². The van der Waals surface area contributed by atoms with Gasteiger partial charge in [0.15, 0.2) is 6.10 Å². The van der Waals surface area contributed by atoms with Crippen LogP contribution in [-0.4, -0.2) is 62.9 Å². The maximum Gasteiger partial charge on any atom is 0.414 e. The molecule has 1 fully saturated rings. The predicted molar refractivity (Wildman–Crippen MR) is 131 cm³/mol. The number of aliphatic carboxylic acids is 2. The van der Waals surface area contributed by atoms with Gasteiger partial charge in [0.25, 0.3) is 11.9 Å². The van der Waals surface area contributed by atoms with Gasteiger partial charge in [-0.25, -0.2) is 9.78 Å². The summed E-state index contributed by atoms with van der Waals surface area (Å²) in [5.74, 6) is -0.981. The molecule has 4 rings (SSSR count). The highest BCUT2D eigenvalue weighted by atomic mass is 16.6. The van der Waals surface area contributed by atoms with Crippen LogP contribution in [0.4, 0.5) is 10.5 Å². The zero-order chi connectivity index (χ0) is 26.7. The molecule has 1 saturated heterocycles. The van der Waals surface area contributed by atoms with Crippen LogP contribution in [0.5, 0.6) is 5.75 Å². The Morgan fingerprint density at radius 2 is 1.64 bits per heavy atom. The third kappa shape index (κ3) is 8.82. The number of hydrogen-bond acceptors (Lipinski definition) is 7. The molecule has 1 unspecified atom stereocenters. The number of anilines is 1. The molecule has 0 aliphatic carbocycles. The number of nitrogen functional groups attached to an aromatic ring is 1. The van der Waals surface area contributed by atoms with Gasteiger partial charge in [0.05, 0.1) is 12.9 Å². The zero-order valence-corrected chi connectivity index (χ0v) is 19.7. The summed E-state index contributed by atoms with van der Waals surface area (Å²) in [4.78, 5) is 35.7. The third-order valence-electron chi connectivity index (χ3n) is 4.44. The number of imidazole rings is 1. The number of nitrogens with zero attached hydrogens (tertiary/aromatic N) is 3. The molecule has 36 heavy (non-hydrogen) atoms. The summed E-state index contributed by atoms with van der Waals surface area (Å²) in [6, 6.07) is 14.5. The second-order valence-corrected chi connectivity index (χ2v) is 7.39. The molecule has 3 aromatic rings. The molecule has 1 amide bonds. The van der Waals surface area contributed by atoms with Gasteiger partial charge >= 0.3 is 6.09 Å². The Balaban J connectivity index is 0.000000501. The van der Waals surface area contributed by atoms with Gasteiger partial charge in [-0.3, -0.25) is 19.9 Å². The number of carboxylic acids is 2. The van der Waals surface area contributed by atoms with Crippen LogP contribution in [0.3, 0.4) is 0 Å². The molecular formula is C24H27N5O7. The number of nitrogens with one attached hydrogen (secondary N) is 1. The summed E-state index contributed by atoms with van der Waals surface area (Å²) in [7, 11) is 0. The first-order valence-corrected chi connectivity index (χ1v) is 10.6. The van der Waals surface area contributed by atoms with Crippen molar-refractivity contribution in [3.63, 3.8) is 0 Å². The van der Waals surface area contributed by atoms with Gasteiger partial charge in [-0.1, -0.05) is 0 Å². The van der Waals surface area contributed by atoms with Crippen molar-refractivity contribution in [1.29, 1.82) is 5.41 Å². The Morgan fingerprint density at radius 3 is 2.14 bits per heavy atom. The molecule has 1 aromatic heterocycles. The number of carboxylic acid groups (broad SMARTS) is 2. The molecule has 1 aliphatic heterocycles. The Hall–Kier alpha value is -4.87. The molecule has 12 heteroatoms. The van der Waals surface area contributed by atoms with E-state index in [2.05, 4.69) is 4.98 Å². The van der Waals surface area contributed by atoms with Crippen molar-refractivity contribution in [2.75, 3.05) is 18.1 Å². The summed E-state index contributed by atoms with van der Waals surface area (Å²) >= 11 is 0. The van der Waals surface area contributed by atoms with Crippen LogP contribution in [0.25, 0.3) is 5.69 Å². The minimum atomic E-state index is -0.833. The van der Waals surface area contributed by atoms with Crippen molar-refractivity contribution in [3.05, 3.63) is 72.8 Å². The second-order valence-electron chi connectivity index (χ2n) is 7.39. The SMILES string of the molecule is CC(=O)O.CC(=O)O.N=C(N)c1ccc(N2CC(COc3ccc(-n4ccnc4)cc3)OC2=O)cc1. The molecule has 0 saturated carbocycles.